The molecular weight excluding hydrogens is 274 g/mol. The van der Waals surface area contributed by atoms with E-state index >= 15 is 0 Å². The molecule has 2 nitrogen and oxygen atoms in total. The van der Waals surface area contributed by atoms with Gasteiger partial charge < -0.3 is 10.5 Å². The van der Waals surface area contributed by atoms with Crippen molar-refractivity contribution < 1.29 is 4.74 Å². The molecule has 4 heteroatoms. The molecule has 0 heterocycles. The fraction of sp³-hybridized carbons (Fsp3) is 0.455. The van der Waals surface area contributed by atoms with E-state index in [0.29, 0.717) is 0 Å². The fourth-order valence-corrected chi connectivity index (χ4v) is 2.52. The molecule has 0 aliphatic carbocycles. The second kappa shape index (κ2) is 7.14. The number of nitrogen functional groups attached to an aromatic ring is 1. The second-order valence-corrected chi connectivity index (χ2v) is 5.28. The molecule has 0 bridgehead atoms. The highest BCUT2D eigenvalue weighted by Gasteiger charge is 2.00. The minimum absolute atomic E-state index is 0.844. The topological polar surface area (TPSA) is 35.2 Å². The average Bonchev–Trinajstić information content (AvgIpc) is 2.20. The van der Waals surface area contributed by atoms with Gasteiger partial charge in [0.05, 0.1) is 0 Å². The molecule has 0 aromatic heterocycles. The van der Waals surface area contributed by atoms with E-state index < -0.39 is 0 Å². The Morgan fingerprint density at radius 2 is 2.20 bits per heavy atom. The molecule has 0 amide bonds. The van der Waals surface area contributed by atoms with Crippen LogP contribution in [0, 0.1) is 0 Å². The molecular formula is C11H16BrNOS. The van der Waals surface area contributed by atoms with Gasteiger partial charge in [-0.3, -0.25) is 0 Å². The van der Waals surface area contributed by atoms with Crippen LogP contribution in [-0.2, 0) is 4.74 Å². The SMILES string of the molecule is COCCCCSc1ccc(Br)cc1N. The zero-order valence-corrected chi connectivity index (χ0v) is 11.2. The number of methoxy groups -OCH3 is 1. The summed E-state index contributed by atoms with van der Waals surface area (Å²) in [4.78, 5) is 1.16. The van der Waals surface area contributed by atoms with E-state index in [1.165, 1.54) is 0 Å². The third kappa shape index (κ3) is 4.91. The summed E-state index contributed by atoms with van der Waals surface area (Å²) < 4.78 is 6.02. The van der Waals surface area contributed by atoms with E-state index in [0.717, 1.165) is 40.3 Å². The maximum absolute atomic E-state index is 5.89. The molecule has 1 rings (SSSR count). The quantitative estimate of drug-likeness (QED) is 0.494. The molecule has 0 fully saturated rings. The number of hydrogen-bond acceptors (Lipinski definition) is 3. The predicted octanol–water partition coefficient (Wildman–Crippen LogP) is 3.55. The van der Waals surface area contributed by atoms with Crippen LogP contribution in [0.3, 0.4) is 0 Å². The third-order valence-electron chi connectivity index (χ3n) is 1.97. The standard InChI is InChI=1S/C11H16BrNOS/c1-14-6-2-3-7-15-11-5-4-9(12)8-10(11)13/h4-5,8H,2-3,6-7,13H2,1H3. The first-order valence-electron chi connectivity index (χ1n) is 4.91. The fourth-order valence-electron chi connectivity index (χ4n) is 1.18. The lowest BCUT2D eigenvalue weighted by atomic mass is 10.3. The predicted molar refractivity (Wildman–Crippen MR) is 70.4 cm³/mol. The summed E-state index contributed by atoms with van der Waals surface area (Å²) in [6.45, 7) is 0.844. The lowest BCUT2D eigenvalue weighted by Gasteiger charge is -2.05. The number of thioether (sulfide) groups is 1. The summed E-state index contributed by atoms with van der Waals surface area (Å²) in [6, 6.07) is 6.02. The van der Waals surface area contributed by atoms with Crippen molar-refractivity contribution in [3.63, 3.8) is 0 Å². The third-order valence-corrected chi connectivity index (χ3v) is 3.64. The van der Waals surface area contributed by atoms with Crippen LogP contribution in [-0.4, -0.2) is 19.5 Å². The highest BCUT2D eigenvalue weighted by molar-refractivity contribution is 9.10. The maximum Gasteiger partial charge on any atom is 0.0463 e. The number of halogens is 1. The molecule has 1 aromatic rings. The van der Waals surface area contributed by atoms with Crippen LogP contribution in [0.4, 0.5) is 5.69 Å². The van der Waals surface area contributed by atoms with E-state index in [2.05, 4.69) is 22.0 Å². The summed E-state index contributed by atoms with van der Waals surface area (Å²) in [6.07, 6.45) is 2.27. The van der Waals surface area contributed by atoms with E-state index in [1.807, 2.05) is 12.1 Å². The van der Waals surface area contributed by atoms with Crippen molar-refractivity contribution in [3.05, 3.63) is 22.7 Å². The number of unbranched alkanes of at least 4 members (excludes halogenated alkanes) is 1. The summed E-state index contributed by atoms with van der Waals surface area (Å²) in [5, 5.41) is 0. The summed E-state index contributed by atoms with van der Waals surface area (Å²) in [7, 11) is 1.74. The second-order valence-electron chi connectivity index (χ2n) is 3.23. The van der Waals surface area contributed by atoms with Gasteiger partial charge >= 0.3 is 0 Å². The molecule has 0 saturated carbocycles. The molecule has 84 valence electrons. The number of anilines is 1. The Morgan fingerprint density at radius 3 is 2.87 bits per heavy atom. The minimum atomic E-state index is 0.844. The van der Waals surface area contributed by atoms with Gasteiger partial charge in [0.15, 0.2) is 0 Å². The Balaban J connectivity index is 2.31. The van der Waals surface area contributed by atoms with Crippen molar-refractivity contribution in [1.29, 1.82) is 0 Å². The molecule has 1 aromatic carbocycles. The lowest BCUT2D eigenvalue weighted by Crippen LogP contribution is -1.92. The molecule has 0 aliphatic heterocycles. The van der Waals surface area contributed by atoms with Crippen molar-refractivity contribution in [2.75, 3.05) is 25.2 Å². The number of hydrogen-bond donors (Lipinski definition) is 1. The molecule has 0 unspecified atom stereocenters. The highest BCUT2D eigenvalue weighted by Crippen LogP contribution is 2.28. The first-order chi connectivity index (χ1) is 7.24. The smallest absolute Gasteiger partial charge is 0.0463 e. The van der Waals surface area contributed by atoms with Crippen molar-refractivity contribution in [1.82, 2.24) is 0 Å². The molecule has 0 saturated heterocycles. The molecule has 0 atom stereocenters. The number of rotatable bonds is 6. The van der Waals surface area contributed by atoms with Crippen molar-refractivity contribution in [3.8, 4) is 0 Å². The van der Waals surface area contributed by atoms with Crippen molar-refractivity contribution >= 4 is 33.4 Å². The van der Waals surface area contributed by atoms with Crippen LogP contribution in [0.5, 0.6) is 0 Å². The molecule has 0 aliphatic rings. The van der Waals surface area contributed by atoms with E-state index in [9.17, 15) is 0 Å². The van der Waals surface area contributed by atoms with Gasteiger partial charge in [-0.05, 0) is 36.8 Å². The van der Waals surface area contributed by atoms with Crippen LogP contribution in [0.1, 0.15) is 12.8 Å². The molecule has 15 heavy (non-hydrogen) atoms. The van der Waals surface area contributed by atoms with Crippen LogP contribution in [0.25, 0.3) is 0 Å². The highest BCUT2D eigenvalue weighted by atomic mass is 79.9. The van der Waals surface area contributed by atoms with E-state index in [4.69, 9.17) is 10.5 Å². The first kappa shape index (κ1) is 12.9. The molecule has 0 spiro atoms. The van der Waals surface area contributed by atoms with Crippen LogP contribution < -0.4 is 5.73 Å². The van der Waals surface area contributed by atoms with Gasteiger partial charge in [0.1, 0.15) is 0 Å². The number of ether oxygens (including phenoxy) is 1. The van der Waals surface area contributed by atoms with Gasteiger partial charge in [0.2, 0.25) is 0 Å². The maximum atomic E-state index is 5.89. The summed E-state index contributed by atoms with van der Waals surface area (Å²) in [5.41, 5.74) is 6.74. The van der Waals surface area contributed by atoms with Crippen LogP contribution in [0.2, 0.25) is 0 Å². The Hall–Kier alpha value is -0.190. The molecule has 0 radical (unpaired) electrons. The van der Waals surface area contributed by atoms with Gasteiger partial charge in [0, 0.05) is 28.8 Å². The zero-order chi connectivity index (χ0) is 11.1. The zero-order valence-electron chi connectivity index (χ0n) is 8.83. The summed E-state index contributed by atoms with van der Waals surface area (Å²) in [5.74, 6) is 1.09. The Bertz CT molecular complexity index is 307. The monoisotopic (exact) mass is 289 g/mol. The van der Waals surface area contributed by atoms with Crippen LogP contribution in [0.15, 0.2) is 27.6 Å². The van der Waals surface area contributed by atoms with Gasteiger partial charge in [-0.15, -0.1) is 11.8 Å². The van der Waals surface area contributed by atoms with Gasteiger partial charge in [-0.25, -0.2) is 0 Å². The normalized spacial score (nSPS) is 10.5. The van der Waals surface area contributed by atoms with Gasteiger partial charge in [-0.1, -0.05) is 15.9 Å². The van der Waals surface area contributed by atoms with E-state index in [-0.39, 0.29) is 0 Å². The largest absolute Gasteiger partial charge is 0.398 e. The van der Waals surface area contributed by atoms with Gasteiger partial charge in [-0.2, -0.15) is 0 Å². The Morgan fingerprint density at radius 1 is 1.40 bits per heavy atom. The lowest BCUT2D eigenvalue weighted by molar-refractivity contribution is 0.194. The van der Waals surface area contributed by atoms with Crippen molar-refractivity contribution in [2.24, 2.45) is 0 Å². The molecule has 2 N–H and O–H groups in total. The Labute approximate surface area is 104 Å². The summed E-state index contributed by atoms with van der Waals surface area (Å²) >= 11 is 5.20. The number of nitrogens with two attached hydrogens (primary N) is 1. The Kier molecular flexibility index (Phi) is 6.13. The average molecular weight is 290 g/mol. The minimum Gasteiger partial charge on any atom is -0.398 e. The van der Waals surface area contributed by atoms with E-state index in [1.54, 1.807) is 18.9 Å². The van der Waals surface area contributed by atoms with Gasteiger partial charge in [0.25, 0.3) is 0 Å². The van der Waals surface area contributed by atoms with Crippen LogP contribution >= 0.6 is 27.7 Å². The number of benzene rings is 1. The first-order valence-corrected chi connectivity index (χ1v) is 6.68. The van der Waals surface area contributed by atoms with Crippen molar-refractivity contribution in [2.45, 2.75) is 17.7 Å².